The minimum atomic E-state index is -0.586. The lowest BCUT2D eigenvalue weighted by Gasteiger charge is -2.14. The fourth-order valence-electron chi connectivity index (χ4n) is 2.61. The molecule has 0 radical (unpaired) electrons. The van der Waals surface area contributed by atoms with Crippen molar-refractivity contribution in [2.24, 2.45) is 5.92 Å². The third-order valence-corrected chi connectivity index (χ3v) is 5.26. The number of hydrogen-bond donors (Lipinski definition) is 2. The van der Waals surface area contributed by atoms with Crippen molar-refractivity contribution in [2.45, 2.75) is 33.2 Å². The Morgan fingerprint density at radius 2 is 1.93 bits per heavy atom. The summed E-state index contributed by atoms with van der Waals surface area (Å²) in [5.41, 5.74) is 1.37. The van der Waals surface area contributed by atoms with E-state index >= 15 is 0 Å². The largest absolute Gasteiger partial charge is 0.354 e. The summed E-state index contributed by atoms with van der Waals surface area (Å²) < 4.78 is 2.87. The van der Waals surface area contributed by atoms with Gasteiger partial charge in [0, 0.05) is 24.5 Å². The van der Waals surface area contributed by atoms with Gasteiger partial charge in [0.05, 0.1) is 10.2 Å². The van der Waals surface area contributed by atoms with Gasteiger partial charge in [0.25, 0.3) is 5.91 Å². The van der Waals surface area contributed by atoms with Gasteiger partial charge in [-0.2, -0.15) is 0 Å². The summed E-state index contributed by atoms with van der Waals surface area (Å²) in [6.45, 7) is 6.52. The number of nitrogens with one attached hydrogen (secondary N) is 2. The number of fused-ring (bicyclic) bond motifs is 1. The molecule has 7 heteroatoms. The van der Waals surface area contributed by atoms with Crippen LogP contribution in [0.5, 0.6) is 0 Å². The first-order valence-electron chi connectivity index (χ1n) is 9.06. The number of carbonyl (C=O) groups excluding carboxylic acids is 2. The van der Waals surface area contributed by atoms with Crippen LogP contribution in [0.15, 0.2) is 42.7 Å². The monoisotopic (exact) mass is 384 g/mol. The van der Waals surface area contributed by atoms with Crippen LogP contribution in [0, 0.1) is 5.92 Å². The van der Waals surface area contributed by atoms with Gasteiger partial charge in [-0.25, -0.2) is 4.98 Å². The molecule has 0 saturated carbocycles. The maximum absolute atomic E-state index is 12.5. The lowest BCUT2D eigenvalue weighted by molar-refractivity contribution is -0.122. The number of aromatic nitrogens is 2. The Kier molecular flexibility index (Phi) is 5.91. The average Bonchev–Trinajstić information content (AvgIpc) is 3.29. The van der Waals surface area contributed by atoms with Gasteiger partial charge in [0.2, 0.25) is 5.91 Å². The molecule has 3 aromatic rings. The molecule has 0 aliphatic heterocycles. The number of thiazole rings is 1. The first kappa shape index (κ1) is 19.1. The van der Waals surface area contributed by atoms with E-state index in [-0.39, 0.29) is 11.8 Å². The molecule has 1 aromatic carbocycles. The van der Waals surface area contributed by atoms with E-state index in [1.54, 1.807) is 13.0 Å². The number of nitrogens with zero attached hydrogens (tertiary/aromatic N) is 2. The van der Waals surface area contributed by atoms with Gasteiger partial charge in [-0.05, 0) is 49.6 Å². The first-order chi connectivity index (χ1) is 12.9. The average molecular weight is 385 g/mol. The Morgan fingerprint density at radius 3 is 2.63 bits per heavy atom. The van der Waals surface area contributed by atoms with Gasteiger partial charge < -0.3 is 15.2 Å². The Bertz CT molecular complexity index is 931. The molecule has 0 aliphatic carbocycles. The number of benzene rings is 1. The van der Waals surface area contributed by atoms with E-state index in [1.165, 1.54) is 11.3 Å². The van der Waals surface area contributed by atoms with Crippen LogP contribution in [-0.2, 0) is 4.79 Å². The van der Waals surface area contributed by atoms with E-state index in [9.17, 15) is 9.59 Å². The summed E-state index contributed by atoms with van der Waals surface area (Å²) in [6, 6.07) is 8.69. The Morgan fingerprint density at radius 1 is 1.19 bits per heavy atom. The Labute approximate surface area is 162 Å². The Balaban J connectivity index is 1.65. The second kappa shape index (κ2) is 8.35. The van der Waals surface area contributed by atoms with Crippen molar-refractivity contribution in [1.82, 2.24) is 20.2 Å². The zero-order chi connectivity index (χ0) is 19.4. The van der Waals surface area contributed by atoms with Crippen molar-refractivity contribution in [3.05, 3.63) is 48.3 Å². The standard InChI is InChI=1S/C20H24N4O2S/c1-13(2)8-9-21-18(25)14(3)22-19(26)15-6-7-16-17(12-15)27-20(23-16)24-10-4-5-11-24/h4-7,10-14H,8-9H2,1-3H3,(H,21,25)(H,22,26)/t14-/m0/s1. The van der Waals surface area contributed by atoms with Gasteiger partial charge in [0.1, 0.15) is 6.04 Å². The summed E-state index contributed by atoms with van der Waals surface area (Å²) in [5, 5.41) is 6.47. The minimum absolute atomic E-state index is 0.169. The molecule has 0 fully saturated rings. The summed E-state index contributed by atoms with van der Waals surface area (Å²) in [6.07, 6.45) is 4.79. The predicted octanol–water partition coefficient (Wildman–Crippen LogP) is 3.37. The van der Waals surface area contributed by atoms with Gasteiger partial charge in [-0.1, -0.05) is 25.2 Å². The quantitative estimate of drug-likeness (QED) is 0.656. The molecule has 0 unspecified atom stereocenters. The topological polar surface area (TPSA) is 76.0 Å². The van der Waals surface area contributed by atoms with Gasteiger partial charge >= 0.3 is 0 Å². The summed E-state index contributed by atoms with van der Waals surface area (Å²) in [4.78, 5) is 29.2. The van der Waals surface area contributed by atoms with Crippen LogP contribution in [-0.4, -0.2) is 34.0 Å². The van der Waals surface area contributed by atoms with Crippen molar-refractivity contribution in [3.63, 3.8) is 0 Å². The van der Waals surface area contributed by atoms with E-state index in [2.05, 4.69) is 29.5 Å². The molecule has 2 aromatic heterocycles. The molecular weight excluding hydrogens is 360 g/mol. The van der Waals surface area contributed by atoms with Crippen LogP contribution < -0.4 is 10.6 Å². The third-order valence-electron chi connectivity index (χ3n) is 4.23. The van der Waals surface area contributed by atoms with E-state index in [0.717, 1.165) is 21.8 Å². The third kappa shape index (κ3) is 4.74. The van der Waals surface area contributed by atoms with Gasteiger partial charge in [0.15, 0.2) is 5.13 Å². The highest BCUT2D eigenvalue weighted by atomic mass is 32.1. The van der Waals surface area contributed by atoms with Crippen LogP contribution >= 0.6 is 11.3 Å². The summed E-state index contributed by atoms with van der Waals surface area (Å²) in [5.74, 6) is 0.0925. The maximum atomic E-state index is 12.5. The van der Waals surface area contributed by atoms with Crippen molar-refractivity contribution in [2.75, 3.05) is 6.54 Å². The van der Waals surface area contributed by atoms with Crippen LogP contribution in [0.4, 0.5) is 0 Å². The van der Waals surface area contributed by atoms with Crippen molar-refractivity contribution in [3.8, 4) is 5.13 Å². The highest BCUT2D eigenvalue weighted by Crippen LogP contribution is 2.26. The van der Waals surface area contributed by atoms with Crippen LogP contribution in [0.3, 0.4) is 0 Å². The number of hydrogen-bond acceptors (Lipinski definition) is 4. The highest BCUT2D eigenvalue weighted by Gasteiger charge is 2.17. The molecule has 2 N–H and O–H groups in total. The predicted molar refractivity (Wildman–Crippen MR) is 108 cm³/mol. The van der Waals surface area contributed by atoms with Crippen LogP contribution in [0.25, 0.3) is 15.3 Å². The molecular formula is C20H24N4O2S. The zero-order valence-corrected chi connectivity index (χ0v) is 16.5. The molecule has 142 valence electrons. The highest BCUT2D eigenvalue weighted by molar-refractivity contribution is 7.20. The molecule has 0 bridgehead atoms. The zero-order valence-electron chi connectivity index (χ0n) is 15.7. The SMILES string of the molecule is CC(C)CCNC(=O)[C@H](C)NC(=O)c1ccc2nc(-n3cccc3)sc2c1. The summed E-state index contributed by atoms with van der Waals surface area (Å²) in [7, 11) is 0. The van der Waals surface area contributed by atoms with Crippen molar-refractivity contribution < 1.29 is 9.59 Å². The second-order valence-electron chi connectivity index (χ2n) is 6.94. The lowest BCUT2D eigenvalue weighted by Crippen LogP contribution is -2.45. The first-order valence-corrected chi connectivity index (χ1v) is 9.88. The van der Waals surface area contributed by atoms with Crippen molar-refractivity contribution in [1.29, 1.82) is 0 Å². The molecule has 3 rings (SSSR count). The maximum Gasteiger partial charge on any atom is 0.251 e. The molecule has 6 nitrogen and oxygen atoms in total. The molecule has 0 saturated heterocycles. The number of rotatable bonds is 7. The van der Waals surface area contributed by atoms with E-state index in [1.807, 2.05) is 41.2 Å². The normalized spacial score (nSPS) is 12.3. The molecule has 27 heavy (non-hydrogen) atoms. The molecule has 1 atom stereocenters. The van der Waals surface area contributed by atoms with E-state index in [0.29, 0.717) is 18.0 Å². The fraction of sp³-hybridized carbons (Fsp3) is 0.350. The molecule has 0 aliphatic rings. The molecule has 2 heterocycles. The molecule has 0 spiro atoms. The van der Waals surface area contributed by atoms with Gasteiger partial charge in [-0.15, -0.1) is 0 Å². The van der Waals surface area contributed by atoms with E-state index in [4.69, 9.17) is 0 Å². The second-order valence-corrected chi connectivity index (χ2v) is 7.95. The molecule has 2 amide bonds. The smallest absolute Gasteiger partial charge is 0.251 e. The Hall–Kier alpha value is -2.67. The van der Waals surface area contributed by atoms with Crippen LogP contribution in [0.1, 0.15) is 37.6 Å². The minimum Gasteiger partial charge on any atom is -0.354 e. The number of amides is 2. The number of carbonyl (C=O) groups is 2. The lowest BCUT2D eigenvalue weighted by atomic mass is 10.1. The fourth-order valence-corrected chi connectivity index (χ4v) is 3.58. The summed E-state index contributed by atoms with van der Waals surface area (Å²) >= 11 is 1.52. The van der Waals surface area contributed by atoms with E-state index < -0.39 is 6.04 Å². The van der Waals surface area contributed by atoms with Gasteiger partial charge in [-0.3, -0.25) is 9.59 Å². The van der Waals surface area contributed by atoms with Crippen molar-refractivity contribution >= 4 is 33.4 Å². The van der Waals surface area contributed by atoms with Crippen LogP contribution in [0.2, 0.25) is 0 Å².